The zero-order valence-electron chi connectivity index (χ0n) is 8.89. The van der Waals surface area contributed by atoms with Crippen molar-refractivity contribution in [1.29, 1.82) is 0 Å². The normalized spacial score (nSPS) is 24.7. The summed E-state index contributed by atoms with van der Waals surface area (Å²) in [5.74, 6) is -1.32. The zero-order valence-corrected chi connectivity index (χ0v) is 12.5. The van der Waals surface area contributed by atoms with Crippen LogP contribution in [0.25, 0.3) is 0 Å². The molecule has 0 radical (unpaired) electrons. The fraction of sp³-hybridized carbons (Fsp3) is 0.500. The molecule has 5 nitrogen and oxygen atoms in total. The van der Waals surface area contributed by atoms with Gasteiger partial charge in [-0.2, -0.15) is 0 Å². The Hall–Kier alpha value is 0.180. The zero-order chi connectivity index (χ0) is 11.2. The van der Waals surface area contributed by atoms with Gasteiger partial charge >= 0.3 is 29.6 Å². The summed E-state index contributed by atoms with van der Waals surface area (Å²) in [6.07, 6.45) is 0.311. The van der Waals surface area contributed by atoms with Crippen LogP contribution >= 0.6 is 11.8 Å². The fourth-order valence-electron chi connectivity index (χ4n) is 1.50. The van der Waals surface area contributed by atoms with Crippen molar-refractivity contribution in [3.8, 4) is 0 Å². The summed E-state index contributed by atoms with van der Waals surface area (Å²) in [5.41, 5.74) is -0.193. The molecule has 2 aliphatic rings. The van der Waals surface area contributed by atoms with Crippen LogP contribution in [-0.4, -0.2) is 32.1 Å². The van der Waals surface area contributed by atoms with Gasteiger partial charge in [0.1, 0.15) is 0 Å². The molecule has 82 valence electrons. The first-order chi connectivity index (χ1) is 7.06. The van der Waals surface area contributed by atoms with Gasteiger partial charge in [0.2, 0.25) is 5.91 Å². The molecule has 1 unspecified atom stereocenters. The van der Waals surface area contributed by atoms with Gasteiger partial charge in [-0.15, -0.1) is 0 Å². The van der Waals surface area contributed by atoms with Crippen LogP contribution < -0.4 is 34.7 Å². The molecule has 0 saturated carbocycles. The average Bonchev–Trinajstić information content (AvgIpc) is 2.50. The maximum atomic E-state index is 11.6. The Morgan fingerprint density at radius 3 is 2.75 bits per heavy atom. The largest absolute Gasteiger partial charge is 1.00 e. The molecular weight excluding hydrogens is 261 g/mol. The molecule has 2 atom stereocenters. The summed E-state index contributed by atoms with van der Waals surface area (Å²) < 4.78 is 11.8. The van der Waals surface area contributed by atoms with Gasteiger partial charge in [-0.25, -0.2) is 0 Å². The minimum Gasteiger partial charge on any atom is -0.543 e. The van der Waals surface area contributed by atoms with E-state index in [2.05, 4.69) is 0 Å². The molecule has 0 aromatic carbocycles. The molecule has 16 heavy (non-hydrogen) atoms. The summed E-state index contributed by atoms with van der Waals surface area (Å²) in [5, 5.41) is 10.7. The van der Waals surface area contributed by atoms with E-state index in [0.717, 1.165) is 0 Å². The van der Waals surface area contributed by atoms with Crippen molar-refractivity contribution in [2.75, 3.05) is 5.75 Å². The van der Waals surface area contributed by atoms with Crippen molar-refractivity contribution in [1.82, 2.24) is 4.90 Å². The Kier molecular flexibility index (Phi) is 4.65. The number of amides is 1. The third kappa shape index (κ3) is 2.11. The standard InChI is InChI=1S/C8H9NO4S2.Na/c1-2-15(13)8-6(7(11)12)9-4(10)3-5(9)14-8;/h5H,2-3H2,1H3,(H,11,12);/q;+1/p-1/t5-,15?;/m0./s1. The molecule has 2 aliphatic heterocycles. The van der Waals surface area contributed by atoms with E-state index in [4.69, 9.17) is 0 Å². The molecule has 2 heterocycles. The van der Waals surface area contributed by atoms with Crippen LogP contribution in [-0.2, 0) is 20.4 Å². The van der Waals surface area contributed by atoms with Gasteiger partial charge < -0.3 is 9.90 Å². The minimum atomic E-state index is -1.42. The van der Waals surface area contributed by atoms with Crippen molar-refractivity contribution >= 4 is 34.4 Å². The van der Waals surface area contributed by atoms with Crippen LogP contribution in [0.3, 0.4) is 0 Å². The van der Waals surface area contributed by atoms with E-state index in [-0.39, 0.29) is 50.8 Å². The molecule has 1 amide bonds. The van der Waals surface area contributed by atoms with Gasteiger partial charge in [-0.05, 0) is 0 Å². The Bertz CT molecular complexity index is 409. The fourth-order valence-corrected chi connectivity index (χ4v) is 4.37. The van der Waals surface area contributed by atoms with Crippen molar-refractivity contribution in [3.63, 3.8) is 0 Å². The van der Waals surface area contributed by atoms with Gasteiger partial charge in [0, 0.05) is 5.75 Å². The Morgan fingerprint density at radius 1 is 1.69 bits per heavy atom. The summed E-state index contributed by atoms with van der Waals surface area (Å²) >= 11 is 1.20. The molecule has 0 aliphatic carbocycles. The number of carboxylic acid groups (broad SMARTS) is 1. The van der Waals surface area contributed by atoms with Crippen molar-refractivity contribution in [2.45, 2.75) is 18.7 Å². The number of β-lactam (4-membered cyclic amide) rings is 1. The van der Waals surface area contributed by atoms with E-state index >= 15 is 0 Å². The minimum absolute atomic E-state index is 0. The molecule has 2 rings (SSSR count). The second-order valence-electron chi connectivity index (χ2n) is 3.10. The molecule has 0 aromatic rings. The average molecular weight is 269 g/mol. The predicted octanol–water partition coefficient (Wildman–Crippen LogP) is -4.02. The number of hydrogen-bond acceptors (Lipinski definition) is 5. The molecule has 0 aromatic heterocycles. The quantitative estimate of drug-likeness (QED) is 0.385. The number of nitrogens with zero attached hydrogens (tertiary/aromatic N) is 1. The first-order valence-corrected chi connectivity index (χ1v) is 6.58. The van der Waals surface area contributed by atoms with Crippen LogP contribution in [0.2, 0.25) is 0 Å². The molecule has 0 spiro atoms. The van der Waals surface area contributed by atoms with Crippen LogP contribution in [0.15, 0.2) is 9.93 Å². The van der Waals surface area contributed by atoms with Crippen molar-refractivity contribution in [2.24, 2.45) is 0 Å². The first-order valence-electron chi connectivity index (χ1n) is 4.39. The van der Waals surface area contributed by atoms with E-state index in [1.54, 1.807) is 6.92 Å². The number of carbonyl (C=O) groups is 2. The summed E-state index contributed by atoms with van der Waals surface area (Å²) in [7, 11) is -1.34. The van der Waals surface area contributed by atoms with Gasteiger partial charge in [-0.3, -0.25) is 13.9 Å². The third-order valence-corrected chi connectivity index (χ3v) is 5.28. The van der Waals surface area contributed by atoms with Gasteiger partial charge in [0.25, 0.3) is 0 Å². The smallest absolute Gasteiger partial charge is 0.543 e. The summed E-state index contributed by atoms with van der Waals surface area (Å²) in [4.78, 5) is 23.2. The maximum absolute atomic E-state index is 11.6. The molecule has 0 bridgehead atoms. The predicted molar refractivity (Wildman–Crippen MR) is 53.6 cm³/mol. The first kappa shape index (κ1) is 14.2. The molecule has 0 N–H and O–H groups in total. The Balaban J connectivity index is 0.00000128. The monoisotopic (exact) mass is 269 g/mol. The van der Waals surface area contributed by atoms with Crippen molar-refractivity contribution < 1.29 is 48.5 Å². The summed E-state index contributed by atoms with van der Waals surface area (Å²) in [6.45, 7) is 1.70. The number of aliphatic carboxylic acids is 1. The van der Waals surface area contributed by atoms with Crippen LogP contribution in [0.5, 0.6) is 0 Å². The Labute approximate surface area is 121 Å². The van der Waals surface area contributed by atoms with Crippen LogP contribution in [0.4, 0.5) is 0 Å². The second kappa shape index (κ2) is 5.22. The molecule has 8 heteroatoms. The van der Waals surface area contributed by atoms with E-state index < -0.39 is 16.8 Å². The molecule has 1 saturated heterocycles. The number of hydrogen-bond donors (Lipinski definition) is 0. The van der Waals surface area contributed by atoms with E-state index in [9.17, 15) is 18.9 Å². The van der Waals surface area contributed by atoms with E-state index in [1.165, 1.54) is 16.7 Å². The Morgan fingerprint density at radius 2 is 2.31 bits per heavy atom. The topological polar surface area (TPSA) is 77.5 Å². The summed E-state index contributed by atoms with van der Waals surface area (Å²) in [6, 6.07) is 0. The number of carbonyl (C=O) groups excluding carboxylic acids is 2. The third-order valence-electron chi connectivity index (χ3n) is 2.25. The number of rotatable bonds is 3. The van der Waals surface area contributed by atoms with Gasteiger partial charge in [0.05, 0.1) is 38.5 Å². The number of fused-ring (bicyclic) bond motifs is 1. The maximum Gasteiger partial charge on any atom is 1.00 e. The van der Waals surface area contributed by atoms with Gasteiger partial charge in [0.15, 0.2) is 0 Å². The van der Waals surface area contributed by atoms with Gasteiger partial charge in [-0.1, -0.05) is 18.7 Å². The SMILES string of the molecule is CCS(=O)C1=C(C(=O)[O-])N2C(=O)C[C@@H]2S1.[Na+]. The van der Waals surface area contributed by atoms with E-state index in [1.807, 2.05) is 0 Å². The molecule has 1 fully saturated rings. The van der Waals surface area contributed by atoms with Crippen molar-refractivity contribution in [3.05, 3.63) is 9.93 Å². The number of thioether (sulfide) groups is 1. The van der Waals surface area contributed by atoms with Crippen LogP contribution in [0.1, 0.15) is 13.3 Å². The molecular formula is C8H8NNaO4S2. The van der Waals surface area contributed by atoms with E-state index in [0.29, 0.717) is 12.2 Å². The van der Waals surface area contributed by atoms with Crippen LogP contribution in [0, 0.1) is 0 Å². The second-order valence-corrected chi connectivity index (χ2v) is 6.22. The number of carboxylic acids is 1.